The molecule has 2 heterocycles. The number of carbonyl (C=O) groups is 1. The number of ether oxygens (including phenoxy) is 2. The third kappa shape index (κ3) is 5.34. The predicted octanol–water partition coefficient (Wildman–Crippen LogP) is 2.25. The molecule has 0 aromatic heterocycles. The number of amides is 1. The Hall–Kier alpha value is -1.31. The van der Waals surface area contributed by atoms with Crippen LogP contribution in [0.25, 0.3) is 0 Å². The average molecular weight is 426 g/mol. The topological polar surface area (TPSA) is 54.0 Å². The van der Waals surface area contributed by atoms with Crippen molar-refractivity contribution < 1.29 is 14.3 Å². The Labute approximate surface area is 163 Å². The molecule has 6 nitrogen and oxygen atoms in total. The van der Waals surface area contributed by atoms with E-state index in [0.717, 1.165) is 68.1 Å². The Morgan fingerprint density at radius 2 is 1.77 bits per heavy atom. The van der Waals surface area contributed by atoms with Gasteiger partial charge in [0.05, 0.1) is 6.54 Å². The number of nitrogens with one attached hydrogen (secondary N) is 1. The zero-order valence-corrected chi connectivity index (χ0v) is 17.0. The fraction of sp³-hybridized carbons (Fsp3) is 0.632. The first kappa shape index (κ1) is 19.5. The lowest BCUT2D eigenvalue weighted by Gasteiger charge is -2.34. The second-order valence-electron chi connectivity index (χ2n) is 6.84. The van der Waals surface area contributed by atoms with Gasteiger partial charge in [0, 0.05) is 43.7 Å². The fourth-order valence-corrected chi connectivity index (χ4v) is 3.69. The second-order valence-corrected chi connectivity index (χ2v) is 7.70. The minimum absolute atomic E-state index is 0.140. The second kappa shape index (κ2) is 9.58. The smallest absolute Gasteiger partial charge is 0.234 e. The van der Waals surface area contributed by atoms with E-state index in [-0.39, 0.29) is 5.91 Å². The third-order valence-corrected chi connectivity index (χ3v) is 5.53. The Bertz CT molecular complexity index is 618. The highest BCUT2D eigenvalue weighted by Gasteiger charge is 2.21. The van der Waals surface area contributed by atoms with Gasteiger partial charge in [-0.1, -0.05) is 29.3 Å². The molecular formula is C19H28BrN3O3. The van der Waals surface area contributed by atoms with Gasteiger partial charge in [-0.05, 0) is 24.1 Å². The molecule has 1 N–H and O–H groups in total. The van der Waals surface area contributed by atoms with Crippen molar-refractivity contribution in [2.24, 2.45) is 0 Å². The first-order chi connectivity index (χ1) is 12.7. The quantitative estimate of drug-likeness (QED) is 0.678. The van der Waals surface area contributed by atoms with Crippen LogP contribution >= 0.6 is 15.9 Å². The van der Waals surface area contributed by atoms with Gasteiger partial charge in [0.2, 0.25) is 5.91 Å². The molecule has 1 aromatic rings. The predicted molar refractivity (Wildman–Crippen MR) is 105 cm³/mol. The van der Waals surface area contributed by atoms with E-state index >= 15 is 0 Å². The van der Waals surface area contributed by atoms with Crippen molar-refractivity contribution in [3.8, 4) is 11.5 Å². The van der Waals surface area contributed by atoms with E-state index < -0.39 is 0 Å². The van der Waals surface area contributed by atoms with Gasteiger partial charge in [0.25, 0.3) is 0 Å². The molecule has 26 heavy (non-hydrogen) atoms. The van der Waals surface area contributed by atoms with E-state index in [4.69, 9.17) is 9.47 Å². The zero-order chi connectivity index (χ0) is 18.4. The van der Waals surface area contributed by atoms with E-state index in [2.05, 4.69) is 44.0 Å². The van der Waals surface area contributed by atoms with Crippen LogP contribution in [0.5, 0.6) is 11.5 Å². The van der Waals surface area contributed by atoms with Crippen molar-refractivity contribution in [1.29, 1.82) is 0 Å². The molecule has 0 aliphatic carbocycles. The maximum absolute atomic E-state index is 11.9. The summed E-state index contributed by atoms with van der Waals surface area (Å²) in [4.78, 5) is 16.6. The maximum Gasteiger partial charge on any atom is 0.234 e. The van der Waals surface area contributed by atoms with Crippen molar-refractivity contribution in [2.45, 2.75) is 26.3 Å². The number of halogens is 1. The van der Waals surface area contributed by atoms with E-state index in [9.17, 15) is 4.79 Å². The van der Waals surface area contributed by atoms with Crippen molar-refractivity contribution in [3.05, 3.63) is 22.2 Å². The molecule has 0 spiro atoms. The molecule has 3 rings (SSSR count). The van der Waals surface area contributed by atoms with Crippen LogP contribution < -0.4 is 14.8 Å². The summed E-state index contributed by atoms with van der Waals surface area (Å²) in [7, 11) is 0. The lowest BCUT2D eigenvalue weighted by atomic mass is 10.1. The number of carbonyl (C=O) groups excluding carboxylic acids is 1. The number of unbranched alkanes of at least 4 members (excludes halogenated alkanes) is 1. The van der Waals surface area contributed by atoms with Crippen LogP contribution in [0.3, 0.4) is 0 Å². The van der Waals surface area contributed by atoms with Crippen molar-refractivity contribution >= 4 is 21.8 Å². The molecule has 144 valence electrons. The van der Waals surface area contributed by atoms with Gasteiger partial charge in [-0.3, -0.25) is 14.6 Å². The van der Waals surface area contributed by atoms with Gasteiger partial charge in [0.1, 0.15) is 13.2 Å². The molecule has 0 atom stereocenters. The van der Waals surface area contributed by atoms with Gasteiger partial charge in [-0.25, -0.2) is 0 Å². The molecule has 2 aliphatic rings. The van der Waals surface area contributed by atoms with Crippen molar-refractivity contribution in [2.75, 3.05) is 52.5 Å². The van der Waals surface area contributed by atoms with E-state index in [1.807, 2.05) is 6.07 Å². The normalized spacial score (nSPS) is 17.9. The number of hydrogen-bond acceptors (Lipinski definition) is 5. The number of piperazine rings is 1. The minimum atomic E-state index is 0.140. The van der Waals surface area contributed by atoms with Gasteiger partial charge in [-0.2, -0.15) is 0 Å². The number of fused-ring (bicyclic) bond motifs is 1. The highest BCUT2D eigenvalue weighted by atomic mass is 79.9. The molecular weight excluding hydrogens is 398 g/mol. The monoisotopic (exact) mass is 425 g/mol. The van der Waals surface area contributed by atoms with Crippen molar-refractivity contribution in [1.82, 2.24) is 15.1 Å². The van der Waals surface area contributed by atoms with Gasteiger partial charge < -0.3 is 14.8 Å². The van der Waals surface area contributed by atoms with Crippen molar-refractivity contribution in [3.63, 3.8) is 0 Å². The number of hydrogen-bond donors (Lipinski definition) is 1. The fourth-order valence-electron chi connectivity index (χ4n) is 3.24. The van der Waals surface area contributed by atoms with E-state index in [1.165, 1.54) is 5.56 Å². The number of benzene rings is 1. The van der Waals surface area contributed by atoms with Crippen LogP contribution in [0.4, 0.5) is 0 Å². The summed E-state index contributed by atoms with van der Waals surface area (Å²) < 4.78 is 12.4. The summed E-state index contributed by atoms with van der Waals surface area (Å²) >= 11 is 3.65. The summed E-state index contributed by atoms with van der Waals surface area (Å²) in [5.41, 5.74) is 1.21. The first-order valence-corrected chi connectivity index (χ1v) is 10.2. The number of nitrogens with zero attached hydrogens (tertiary/aromatic N) is 2. The molecule has 2 aliphatic heterocycles. The lowest BCUT2D eigenvalue weighted by Crippen LogP contribution is -2.49. The van der Waals surface area contributed by atoms with Crippen LogP contribution in [0.2, 0.25) is 0 Å². The van der Waals surface area contributed by atoms with Crippen LogP contribution in [0.1, 0.15) is 25.3 Å². The Morgan fingerprint density at radius 1 is 1.12 bits per heavy atom. The molecule has 0 saturated carbocycles. The minimum Gasteiger partial charge on any atom is -0.486 e. The SMILES string of the molecule is CCCCNC(=O)CN1CCN(Cc2cc3c(cc2Br)OCCO3)CC1. The van der Waals surface area contributed by atoms with E-state index in [0.29, 0.717) is 19.8 Å². The summed E-state index contributed by atoms with van der Waals surface area (Å²) in [6, 6.07) is 4.08. The highest BCUT2D eigenvalue weighted by molar-refractivity contribution is 9.10. The Kier molecular flexibility index (Phi) is 7.16. The summed E-state index contributed by atoms with van der Waals surface area (Å²) in [6.45, 7) is 9.26. The molecule has 0 bridgehead atoms. The summed E-state index contributed by atoms with van der Waals surface area (Å²) in [6.07, 6.45) is 2.15. The molecule has 0 radical (unpaired) electrons. The average Bonchev–Trinajstić information content (AvgIpc) is 2.64. The maximum atomic E-state index is 11.9. The zero-order valence-electron chi connectivity index (χ0n) is 15.4. The van der Waals surface area contributed by atoms with Crippen LogP contribution in [-0.2, 0) is 11.3 Å². The summed E-state index contributed by atoms with van der Waals surface area (Å²) in [5, 5.41) is 2.99. The van der Waals surface area contributed by atoms with Crippen LogP contribution in [0.15, 0.2) is 16.6 Å². The van der Waals surface area contributed by atoms with Gasteiger partial charge in [-0.15, -0.1) is 0 Å². The molecule has 1 saturated heterocycles. The van der Waals surface area contributed by atoms with Gasteiger partial charge >= 0.3 is 0 Å². The summed E-state index contributed by atoms with van der Waals surface area (Å²) in [5.74, 6) is 1.78. The molecule has 1 amide bonds. The Morgan fingerprint density at radius 3 is 2.46 bits per heavy atom. The third-order valence-electron chi connectivity index (χ3n) is 4.79. The molecule has 0 unspecified atom stereocenters. The largest absolute Gasteiger partial charge is 0.486 e. The highest BCUT2D eigenvalue weighted by Crippen LogP contribution is 2.36. The molecule has 1 fully saturated rings. The Balaban J connectivity index is 1.46. The van der Waals surface area contributed by atoms with E-state index in [1.54, 1.807) is 0 Å². The first-order valence-electron chi connectivity index (χ1n) is 9.45. The standard InChI is InChI=1S/C19H28BrN3O3/c1-2-3-4-21-19(24)14-23-7-5-22(6-8-23)13-15-11-17-18(12-16(15)20)26-10-9-25-17/h11-12H,2-10,13-14H2,1H3,(H,21,24). The lowest BCUT2D eigenvalue weighted by molar-refractivity contribution is -0.122. The van der Waals surface area contributed by atoms with Gasteiger partial charge in [0.15, 0.2) is 11.5 Å². The van der Waals surface area contributed by atoms with Crippen LogP contribution in [0, 0.1) is 0 Å². The molecule has 1 aromatic carbocycles. The number of rotatable bonds is 7. The van der Waals surface area contributed by atoms with Crippen LogP contribution in [-0.4, -0.2) is 68.2 Å². The molecule has 7 heteroatoms.